The molecule has 0 N–H and O–H groups in total. The van der Waals surface area contributed by atoms with Crippen molar-refractivity contribution < 1.29 is 0 Å². The highest BCUT2D eigenvalue weighted by molar-refractivity contribution is 6.38. The molecule has 9 aromatic rings. The molecule has 1 heteroatoms. The monoisotopic (exact) mass is 465 g/mol. The lowest BCUT2D eigenvalue weighted by Gasteiger charge is -2.08. The van der Waals surface area contributed by atoms with Gasteiger partial charge in [0.2, 0.25) is 0 Å². The fraction of sp³-hybridized carbons (Fsp3) is 0.0278. The molecule has 9 rings (SSSR count). The first-order chi connectivity index (χ1) is 18.2. The maximum Gasteiger partial charge on any atom is 0.195 e. The minimum absolute atomic E-state index is 0.738. The number of hydrogen-bond donors (Lipinski definition) is 0. The van der Waals surface area contributed by atoms with Crippen LogP contribution in [0.25, 0.3) is 91.0 Å². The summed E-state index contributed by atoms with van der Waals surface area (Å²) >= 11 is 0. The Labute approximate surface area is 212 Å². The summed E-state index contributed by atoms with van der Waals surface area (Å²) in [5, 5.41) is 20.4. The van der Waals surface area contributed by atoms with Crippen LogP contribution in [-0.4, -0.2) is 0 Å². The summed E-state index contributed by atoms with van der Waals surface area (Å²) in [4.78, 5) is 3.92. The first-order valence-corrected chi connectivity index (χ1v) is 12.7. The predicted octanol–water partition coefficient (Wildman–Crippen LogP) is 10.6. The van der Waals surface area contributed by atoms with Crippen LogP contribution in [0, 0.1) is 13.5 Å². The quantitative estimate of drug-likeness (QED) is 0.155. The van der Waals surface area contributed by atoms with E-state index in [1.165, 1.54) is 86.4 Å². The van der Waals surface area contributed by atoms with Gasteiger partial charge in [-0.25, -0.2) is 4.85 Å². The summed E-state index contributed by atoms with van der Waals surface area (Å²) in [6.45, 7) is 10.1. The Morgan fingerprint density at radius 3 is 2.00 bits per heavy atom. The smallest absolute Gasteiger partial charge is 0.195 e. The van der Waals surface area contributed by atoms with Crippen molar-refractivity contribution in [2.75, 3.05) is 0 Å². The number of rotatable bonds is 0. The number of hydrogen-bond acceptors (Lipinski definition) is 0. The summed E-state index contributed by atoms with van der Waals surface area (Å²) in [6.07, 6.45) is 0. The third-order valence-electron chi connectivity index (χ3n) is 8.69. The lowest BCUT2D eigenvalue weighted by Crippen LogP contribution is -1.81. The van der Waals surface area contributed by atoms with Gasteiger partial charge in [-0.3, -0.25) is 0 Å². The third-order valence-corrected chi connectivity index (χ3v) is 8.69. The van der Waals surface area contributed by atoms with Crippen LogP contribution in [0.1, 0.15) is 5.56 Å². The third kappa shape index (κ3) is 2.21. The normalized spacial score (nSPS) is 12.4. The molecule has 0 atom stereocenters. The van der Waals surface area contributed by atoms with Gasteiger partial charge in [0.1, 0.15) is 0 Å². The molecule has 0 spiro atoms. The standard InChI is InChI=1S/C36H19N/c1-19-27-18-29-25-11-6-10-24-23-9-4-3-7-21(23)15-30(35(24)25)28(29)16-22(27)17-31-33(19)26-12-5-8-20-13-14-32(37-2)36(31)34(20)26/h3-18H,1H3. The Morgan fingerprint density at radius 2 is 1.11 bits per heavy atom. The van der Waals surface area contributed by atoms with E-state index >= 15 is 0 Å². The van der Waals surface area contributed by atoms with E-state index in [2.05, 4.69) is 103 Å². The first kappa shape index (κ1) is 19.3. The van der Waals surface area contributed by atoms with Crippen LogP contribution < -0.4 is 0 Å². The molecular weight excluding hydrogens is 446 g/mol. The Kier molecular flexibility index (Phi) is 3.35. The Hall–Kier alpha value is -4.93. The van der Waals surface area contributed by atoms with Crippen LogP contribution in [0.3, 0.4) is 0 Å². The van der Waals surface area contributed by atoms with Crippen LogP contribution in [-0.2, 0) is 0 Å². The molecular formula is C36H19N. The van der Waals surface area contributed by atoms with Crippen LogP contribution in [0.5, 0.6) is 0 Å². The Bertz CT molecular complexity index is 2470. The molecule has 0 heterocycles. The van der Waals surface area contributed by atoms with Gasteiger partial charge in [-0.2, -0.15) is 0 Å². The highest BCUT2D eigenvalue weighted by atomic mass is 14.6. The van der Waals surface area contributed by atoms with Crippen molar-refractivity contribution in [3.8, 4) is 0 Å². The fourth-order valence-corrected chi connectivity index (χ4v) is 7.16. The largest absolute Gasteiger partial charge is 0.237 e. The van der Waals surface area contributed by atoms with Crippen LogP contribution in [0.2, 0.25) is 0 Å². The predicted molar refractivity (Wildman–Crippen MR) is 160 cm³/mol. The topological polar surface area (TPSA) is 4.36 Å². The molecule has 0 bridgehead atoms. The Morgan fingerprint density at radius 1 is 0.432 bits per heavy atom. The molecule has 168 valence electrons. The van der Waals surface area contributed by atoms with Crippen molar-refractivity contribution in [1.29, 1.82) is 0 Å². The van der Waals surface area contributed by atoms with Gasteiger partial charge in [-0.1, -0.05) is 72.8 Å². The minimum atomic E-state index is 0.738. The molecule has 0 saturated heterocycles. The summed E-state index contributed by atoms with van der Waals surface area (Å²) in [7, 11) is 0. The number of fused-ring (bicyclic) bond motifs is 9. The van der Waals surface area contributed by atoms with Crippen LogP contribution >= 0.6 is 0 Å². The van der Waals surface area contributed by atoms with E-state index in [1.807, 2.05) is 6.07 Å². The van der Waals surface area contributed by atoms with E-state index in [-0.39, 0.29) is 0 Å². The lowest BCUT2D eigenvalue weighted by molar-refractivity contribution is 1.62. The maximum atomic E-state index is 7.87. The van der Waals surface area contributed by atoms with Gasteiger partial charge in [-0.15, -0.1) is 0 Å². The number of nitrogens with zero attached hydrogens (tertiary/aromatic N) is 1. The molecule has 37 heavy (non-hydrogen) atoms. The molecule has 1 nitrogen and oxygen atoms in total. The van der Waals surface area contributed by atoms with Crippen LogP contribution in [0.15, 0.2) is 97.1 Å². The molecule has 0 amide bonds. The summed E-state index contributed by atoms with van der Waals surface area (Å²) in [5.41, 5.74) is 2.03. The summed E-state index contributed by atoms with van der Waals surface area (Å²) in [6, 6.07) is 35.6. The van der Waals surface area contributed by atoms with Crippen molar-refractivity contribution >= 4 is 91.9 Å². The molecule has 0 saturated carbocycles. The molecule has 0 aliphatic rings. The molecule has 0 radical (unpaired) electrons. The second-order valence-electron chi connectivity index (χ2n) is 10.4. The molecule has 0 aliphatic heterocycles. The summed E-state index contributed by atoms with van der Waals surface area (Å²) in [5.74, 6) is 0. The van der Waals surface area contributed by atoms with Gasteiger partial charge in [0.15, 0.2) is 5.69 Å². The van der Waals surface area contributed by atoms with Gasteiger partial charge in [0, 0.05) is 0 Å². The average molecular weight is 466 g/mol. The minimum Gasteiger partial charge on any atom is -0.237 e. The summed E-state index contributed by atoms with van der Waals surface area (Å²) < 4.78 is 0. The van der Waals surface area contributed by atoms with Crippen molar-refractivity contribution in [2.45, 2.75) is 6.92 Å². The van der Waals surface area contributed by atoms with E-state index in [9.17, 15) is 0 Å². The van der Waals surface area contributed by atoms with Crippen molar-refractivity contribution in [1.82, 2.24) is 0 Å². The highest BCUT2D eigenvalue weighted by Crippen LogP contribution is 2.48. The van der Waals surface area contributed by atoms with Crippen molar-refractivity contribution in [2.24, 2.45) is 0 Å². The van der Waals surface area contributed by atoms with Gasteiger partial charge in [0.25, 0.3) is 0 Å². The number of benzene rings is 7. The van der Waals surface area contributed by atoms with Gasteiger partial charge >= 0.3 is 0 Å². The molecule has 9 aromatic carbocycles. The molecule has 0 fully saturated rings. The zero-order valence-corrected chi connectivity index (χ0v) is 20.2. The second-order valence-corrected chi connectivity index (χ2v) is 10.4. The van der Waals surface area contributed by atoms with E-state index in [0.29, 0.717) is 0 Å². The number of aryl methyl sites for hydroxylation is 1. The van der Waals surface area contributed by atoms with E-state index in [4.69, 9.17) is 6.57 Å². The fourth-order valence-electron chi connectivity index (χ4n) is 7.16. The Balaban J connectivity index is 1.54. The first-order valence-electron chi connectivity index (χ1n) is 12.7. The van der Waals surface area contributed by atoms with Crippen LogP contribution in [0.4, 0.5) is 5.69 Å². The van der Waals surface area contributed by atoms with Gasteiger partial charge in [0.05, 0.1) is 6.57 Å². The zero-order chi connectivity index (χ0) is 24.4. The zero-order valence-electron chi connectivity index (χ0n) is 20.2. The van der Waals surface area contributed by atoms with Gasteiger partial charge in [-0.05, 0) is 123 Å². The molecule has 0 aromatic heterocycles. The SMILES string of the molecule is [C-]#[N+]c1ccc2cccc3c4c(C)c5cc6c(cc5cc4c1c23)c1cc2ccccc2c2cccc6c21. The highest BCUT2D eigenvalue weighted by Gasteiger charge is 2.20. The van der Waals surface area contributed by atoms with Gasteiger partial charge < -0.3 is 0 Å². The average Bonchev–Trinajstić information content (AvgIpc) is 3.43. The second kappa shape index (κ2) is 6.44. The molecule has 0 unspecified atom stereocenters. The lowest BCUT2D eigenvalue weighted by atomic mass is 9.96. The molecule has 0 aliphatic carbocycles. The van der Waals surface area contributed by atoms with Crippen molar-refractivity contribution in [3.05, 3.63) is 114 Å². The van der Waals surface area contributed by atoms with Crippen molar-refractivity contribution in [3.63, 3.8) is 0 Å². The van der Waals surface area contributed by atoms with E-state index in [0.717, 1.165) is 11.1 Å². The van der Waals surface area contributed by atoms with E-state index < -0.39 is 0 Å². The maximum absolute atomic E-state index is 7.87. The van der Waals surface area contributed by atoms with E-state index in [1.54, 1.807) is 0 Å².